The zero-order chi connectivity index (χ0) is 45.9. The summed E-state index contributed by atoms with van der Waals surface area (Å²) < 4.78 is 30.4. The number of rotatable bonds is 19. The molecule has 15 nitrogen and oxygen atoms in total. The number of amides is 3. The van der Waals surface area contributed by atoms with Crippen LogP contribution < -0.4 is 15.6 Å². The van der Waals surface area contributed by atoms with E-state index >= 15 is 4.79 Å². The van der Waals surface area contributed by atoms with Crippen molar-refractivity contribution in [3.8, 4) is 5.75 Å². The van der Waals surface area contributed by atoms with Crippen LogP contribution in [0.4, 0.5) is 10.6 Å². The Hall–Kier alpha value is -6.51. The second-order valence-electron chi connectivity index (χ2n) is 16.1. The molecule has 0 saturated carbocycles. The van der Waals surface area contributed by atoms with Gasteiger partial charge in [0.25, 0.3) is 5.91 Å². The van der Waals surface area contributed by atoms with Crippen LogP contribution in [0.1, 0.15) is 52.9 Å². The number of esters is 1. The lowest BCUT2D eigenvalue weighted by Gasteiger charge is -2.36. The predicted octanol–water partition coefficient (Wildman–Crippen LogP) is 6.89. The van der Waals surface area contributed by atoms with Gasteiger partial charge in [0, 0.05) is 30.6 Å². The Morgan fingerprint density at radius 1 is 0.800 bits per heavy atom. The number of benzene rings is 5. The Balaban J connectivity index is 1.13. The summed E-state index contributed by atoms with van der Waals surface area (Å²) in [5.74, 6) is -0.461. The number of anilines is 1. The molecule has 5 aromatic carbocycles. The molecule has 0 bridgehead atoms. The van der Waals surface area contributed by atoms with Crippen LogP contribution in [-0.4, -0.2) is 97.8 Å². The van der Waals surface area contributed by atoms with Crippen LogP contribution in [0.3, 0.4) is 0 Å². The highest BCUT2D eigenvalue weighted by Crippen LogP contribution is 2.50. The number of para-hydroxylation sites is 1. The summed E-state index contributed by atoms with van der Waals surface area (Å²) in [6.45, 7) is 3.43. The van der Waals surface area contributed by atoms with Gasteiger partial charge in [0.1, 0.15) is 18.0 Å². The van der Waals surface area contributed by atoms with Crippen molar-refractivity contribution in [1.82, 2.24) is 25.3 Å². The molecule has 1 aliphatic rings. The minimum absolute atomic E-state index is 0.000496. The summed E-state index contributed by atoms with van der Waals surface area (Å²) in [6.07, 6.45) is -3.25. The van der Waals surface area contributed by atoms with Crippen molar-refractivity contribution in [2.45, 2.75) is 76.6 Å². The summed E-state index contributed by atoms with van der Waals surface area (Å²) in [6, 6.07) is 37.9. The van der Waals surface area contributed by atoms with E-state index in [1.165, 1.54) is 6.92 Å². The zero-order valence-corrected chi connectivity index (χ0v) is 37.3. The fraction of sp³-hybridized carbons (Fsp3) is 0.306. The number of aliphatic hydroxyl groups is 2. The molecular weight excluding hydrogens is 848 g/mol. The number of hydrogen-bond acceptors (Lipinski definition) is 11. The standard InChI is InChI=1S/C49H55N6O9P/c1-3-62-48(59)33(2)63-65(61,64-39-21-11-6-12-22-39)26-14-25-51-47(58)38-20-13-19-36(27-38)31-54-42(29-34-15-7-4-8-16-34)44(56)45(57)43(30-35-17-9-5-10-18-35)55(49(54)60)32-37-23-24-41-40(28-37)46(50)53-52-41/h4-13,15-24,27-28,33,42-45,56-57H,3,14,25-26,29-32H2,1-2H3,(H,51,58)(H3,50,52,53)/t33-,42+,43+,44-,45-,65?/m0/s1. The maximum atomic E-state index is 15.3. The molecule has 1 fully saturated rings. The Kier molecular flexibility index (Phi) is 15.3. The van der Waals surface area contributed by atoms with Crippen molar-refractivity contribution in [2.75, 3.05) is 25.0 Å². The first-order valence-corrected chi connectivity index (χ1v) is 23.4. The topological polar surface area (TPSA) is 210 Å². The van der Waals surface area contributed by atoms with E-state index in [4.69, 9.17) is 19.5 Å². The van der Waals surface area contributed by atoms with Crippen LogP contribution in [0.25, 0.3) is 10.9 Å². The Morgan fingerprint density at radius 2 is 1.37 bits per heavy atom. The van der Waals surface area contributed by atoms with Crippen LogP contribution >= 0.6 is 7.60 Å². The number of aliphatic hydroxyl groups excluding tert-OH is 2. The van der Waals surface area contributed by atoms with Crippen LogP contribution in [-0.2, 0) is 44.6 Å². The van der Waals surface area contributed by atoms with Crippen molar-refractivity contribution in [1.29, 1.82) is 0 Å². The van der Waals surface area contributed by atoms with Gasteiger partial charge in [-0.2, -0.15) is 5.10 Å². The van der Waals surface area contributed by atoms with Gasteiger partial charge in [-0.3, -0.25) is 14.4 Å². The monoisotopic (exact) mass is 902 g/mol. The number of H-pyrrole nitrogens is 1. The average Bonchev–Trinajstić information content (AvgIpc) is 3.67. The molecule has 0 radical (unpaired) electrons. The van der Waals surface area contributed by atoms with E-state index in [1.807, 2.05) is 78.9 Å². The zero-order valence-electron chi connectivity index (χ0n) is 36.4. The van der Waals surface area contributed by atoms with Crippen LogP contribution in [0.5, 0.6) is 5.75 Å². The number of ether oxygens (including phenoxy) is 1. The highest BCUT2D eigenvalue weighted by Gasteiger charge is 2.46. The molecule has 0 aliphatic carbocycles. The van der Waals surface area contributed by atoms with Crippen molar-refractivity contribution in [2.24, 2.45) is 0 Å². The van der Waals surface area contributed by atoms with E-state index in [0.717, 1.165) is 22.2 Å². The van der Waals surface area contributed by atoms with Gasteiger partial charge in [-0.15, -0.1) is 0 Å². The molecule has 2 heterocycles. The van der Waals surface area contributed by atoms with Gasteiger partial charge in [0.05, 0.1) is 30.4 Å². The average molecular weight is 903 g/mol. The number of urea groups is 1. The molecule has 6 N–H and O–H groups in total. The second kappa shape index (κ2) is 21.4. The molecule has 6 atom stereocenters. The number of nitrogens with one attached hydrogen (secondary N) is 2. The minimum atomic E-state index is -3.89. The summed E-state index contributed by atoms with van der Waals surface area (Å²) in [5, 5.41) is 35.0. The van der Waals surface area contributed by atoms with Gasteiger partial charge in [0.2, 0.25) is 0 Å². The molecule has 0 spiro atoms. The smallest absolute Gasteiger partial charge is 0.380 e. The number of fused-ring (bicyclic) bond motifs is 1. The molecule has 340 valence electrons. The fourth-order valence-corrected chi connectivity index (χ4v) is 9.88. The summed E-state index contributed by atoms with van der Waals surface area (Å²) in [4.78, 5) is 44.5. The van der Waals surface area contributed by atoms with E-state index in [1.54, 1.807) is 71.3 Å². The molecule has 6 aromatic rings. The van der Waals surface area contributed by atoms with Gasteiger partial charge in [-0.05, 0) is 91.8 Å². The summed E-state index contributed by atoms with van der Waals surface area (Å²) in [7, 11) is -3.89. The van der Waals surface area contributed by atoms with Gasteiger partial charge in [-0.1, -0.05) is 97.1 Å². The van der Waals surface area contributed by atoms with Gasteiger partial charge >= 0.3 is 19.6 Å². The highest BCUT2D eigenvalue weighted by atomic mass is 31.2. The van der Waals surface area contributed by atoms with E-state index in [-0.39, 0.29) is 51.7 Å². The molecule has 65 heavy (non-hydrogen) atoms. The number of nitrogens with zero attached hydrogens (tertiary/aromatic N) is 3. The minimum Gasteiger partial charge on any atom is -0.464 e. The number of nitrogens with two attached hydrogens (primary N) is 1. The van der Waals surface area contributed by atoms with Gasteiger partial charge in [-0.25, -0.2) is 14.2 Å². The fourth-order valence-electron chi connectivity index (χ4n) is 8.08. The summed E-state index contributed by atoms with van der Waals surface area (Å²) >= 11 is 0. The van der Waals surface area contributed by atoms with Crippen molar-refractivity contribution in [3.63, 3.8) is 0 Å². The molecule has 1 aromatic heterocycles. The highest BCUT2D eigenvalue weighted by molar-refractivity contribution is 7.54. The Morgan fingerprint density at radius 3 is 1.97 bits per heavy atom. The first-order valence-electron chi connectivity index (χ1n) is 21.7. The maximum absolute atomic E-state index is 15.3. The lowest BCUT2D eigenvalue weighted by atomic mass is 9.91. The molecular formula is C49H55N6O9P. The quantitative estimate of drug-likeness (QED) is 0.0321. The summed E-state index contributed by atoms with van der Waals surface area (Å²) in [5.41, 5.74) is 10.3. The number of carbonyl (C=O) groups excluding carboxylic acids is 3. The lowest BCUT2D eigenvalue weighted by Crippen LogP contribution is -2.50. The molecule has 1 unspecified atom stereocenters. The van der Waals surface area contributed by atoms with Gasteiger partial charge < -0.3 is 40.3 Å². The largest absolute Gasteiger partial charge is 0.464 e. The number of carbonyl (C=O) groups is 3. The molecule has 16 heteroatoms. The van der Waals surface area contributed by atoms with Gasteiger partial charge in [0.15, 0.2) is 11.9 Å². The first kappa shape index (κ1) is 46.5. The lowest BCUT2D eigenvalue weighted by molar-refractivity contribution is -0.150. The molecule has 3 amide bonds. The third kappa shape index (κ3) is 11.8. The van der Waals surface area contributed by atoms with Crippen molar-refractivity contribution in [3.05, 3.63) is 161 Å². The van der Waals surface area contributed by atoms with E-state index in [9.17, 15) is 24.4 Å². The Bertz CT molecular complexity index is 2580. The van der Waals surface area contributed by atoms with Crippen molar-refractivity contribution >= 4 is 42.2 Å². The van der Waals surface area contributed by atoms with E-state index < -0.39 is 55.9 Å². The number of nitrogen functional groups attached to an aromatic ring is 1. The molecule has 1 aliphatic heterocycles. The van der Waals surface area contributed by atoms with Crippen LogP contribution in [0, 0.1) is 0 Å². The maximum Gasteiger partial charge on any atom is 0.380 e. The van der Waals surface area contributed by atoms with E-state index in [2.05, 4.69) is 15.5 Å². The SMILES string of the molecule is CCOC(=O)[C@H](C)OP(=O)(CCCNC(=O)c1cccc(CN2C(=O)N(Cc3ccc4[nH]nc(N)c4c3)[C@H](Cc3ccccc3)[C@H](O)[C@@H](O)[C@H]2Cc2ccccc2)c1)Oc1ccccc1. The number of aromatic nitrogens is 2. The number of hydrogen-bond donors (Lipinski definition) is 5. The van der Waals surface area contributed by atoms with Crippen molar-refractivity contribution < 1.29 is 42.9 Å². The molecule has 1 saturated heterocycles. The van der Waals surface area contributed by atoms with Crippen LogP contribution in [0.2, 0.25) is 0 Å². The van der Waals surface area contributed by atoms with E-state index in [0.29, 0.717) is 28.1 Å². The predicted molar refractivity (Wildman–Crippen MR) is 247 cm³/mol. The molecule has 7 rings (SSSR count). The Labute approximate surface area is 378 Å². The third-order valence-corrected chi connectivity index (χ3v) is 13.4. The van der Waals surface area contributed by atoms with Crippen LogP contribution in [0.15, 0.2) is 133 Å². The second-order valence-corrected chi connectivity index (χ2v) is 18.1. The number of aromatic amines is 1. The first-order chi connectivity index (χ1) is 31.4. The normalized spacial score (nSPS) is 19.0. The third-order valence-electron chi connectivity index (χ3n) is 11.4.